The number of hydrogen-bond donors (Lipinski definition) is 1. The zero-order chi connectivity index (χ0) is 19.9. The third-order valence-electron chi connectivity index (χ3n) is 4.17. The number of amides is 1. The molecule has 0 radical (unpaired) electrons. The number of carbonyl (C=O) groups is 1. The van der Waals surface area contributed by atoms with Gasteiger partial charge in [0.1, 0.15) is 12.4 Å². The average molecular weight is 391 g/mol. The Labute approximate surface area is 161 Å². The van der Waals surface area contributed by atoms with Gasteiger partial charge in [-0.15, -0.1) is 0 Å². The van der Waals surface area contributed by atoms with Crippen LogP contribution in [0.15, 0.2) is 59.5 Å². The molecular weight excluding hydrogens is 364 g/mol. The van der Waals surface area contributed by atoms with Crippen LogP contribution in [0.3, 0.4) is 0 Å². The van der Waals surface area contributed by atoms with Crippen LogP contribution in [0.4, 0.5) is 0 Å². The molecule has 0 heterocycles. The minimum Gasteiger partial charge on any atom is -0.492 e. The Bertz CT molecular complexity index is 836. The summed E-state index contributed by atoms with van der Waals surface area (Å²) in [5, 5.41) is 0. The van der Waals surface area contributed by atoms with E-state index in [4.69, 9.17) is 4.74 Å². The van der Waals surface area contributed by atoms with Crippen molar-refractivity contribution in [2.75, 3.05) is 20.2 Å². The van der Waals surface area contributed by atoms with E-state index in [-0.39, 0.29) is 16.8 Å². The third-order valence-corrected chi connectivity index (χ3v) is 5.77. The SMILES string of the molecule is CCC(C)NS(=O)(=O)c1ccc(C(=O)N(C)CCOc2ccccc2)cc1. The van der Waals surface area contributed by atoms with E-state index >= 15 is 0 Å². The summed E-state index contributed by atoms with van der Waals surface area (Å²) in [6.45, 7) is 4.51. The summed E-state index contributed by atoms with van der Waals surface area (Å²) in [6, 6.07) is 15.2. The lowest BCUT2D eigenvalue weighted by molar-refractivity contribution is 0.0773. The standard InChI is InChI=1S/C20H26N2O4S/c1-4-16(2)21-27(24,25)19-12-10-17(11-13-19)20(23)22(3)14-15-26-18-8-6-5-7-9-18/h5-13,16,21H,4,14-15H2,1-3H3. The molecule has 2 aromatic carbocycles. The molecule has 0 aromatic heterocycles. The summed E-state index contributed by atoms with van der Waals surface area (Å²) >= 11 is 0. The lowest BCUT2D eigenvalue weighted by Crippen LogP contribution is -2.32. The maximum atomic E-state index is 12.5. The highest BCUT2D eigenvalue weighted by molar-refractivity contribution is 7.89. The first-order chi connectivity index (χ1) is 12.8. The molecule has 1 amide bonds. The number of sulfonamides is 1. The highest BCUT2D eigenvalue weighted by atomic mass is 32.2. The fourth-order valence-corrected chi connectivity index (χ4v) is 3.66. The number of hydrogen-bond acceptors (Lipinski definition) is 4. The smallest absolute Gasteiger partial charge is 0.253 e. The lowest BCUT2D eigenvalue weighted by atomic mass is 10.2. The third kappa shape index (κ3) is 6.08. The van der Waals surface area contributed by atoms with Crippen molar-refractivity contribution in [1.29, 1.82) is 0 Å². The monoisotopic (exact) mass is 390 g/mol. The van der Waals surface area contributed by atoms with Crippen LogP contribution in [0.1, 0.15) is 30.6 Å². The van der Waals surface area contributed by atoms with Crippen LogP contribution in [0.25, 0.3) is 0 Å². The summed E-state index contributed by atoms with van der Waals surface area (Å²) in [5.41, 5.74) is 0.430. The van der Waals surface area contributed by atoms with Gasteiger partial charge in [0.05, 0.1) is 11.4 Å². The van der Waals surface area contributed by atoms with Crippen LogP contribution in [0.2, 0.25) is 0 Å². The van der Waals surface area contributed by atoms with Crippen LogP contribution < -0.4 is 9.46 Å². The fourth-order valence-electron chi connectivity index (χ4n) is 2.33. The molecule has 0 aliphatic heterocycles. The molecule has 0 bridgehead atoms. The molecule has 1 unspecified atom stereocenters. The second-order valence-corrected chi connectivity index (χ2v) is 8.06. The van der Waals surface area contributed by atoms with Crippen molar-refractivity contribution < 1.29 is 17.9 Å². The van der Waals surface area contributed by atoms with E-state index < -0.39 is 10.0 Å². The van der Waals surface area contributed by atoms with Crippen LogP contribution in [0.5, 0.6) is 5.75 Å². The van der Waals surface area contributed by atoms with Gasteiger partial charge in [0.2, 0.25) is 10.0 Å². The molecular formula is C20H26N2O4S. The Morgan fingerprint density at radius 1 is 1.11 bits per heavy atom. The highest BCUT2D eigenvalue weighted by Gasteiger charge is 2.18. The van der Waals surface area contributed by atoms with Crippen molar-refractivity contribution in [3.8, 4) is 5.75 Å². The molecule has 0 aliphatic carbocycles. The van der Waals surface area contributed by atoms with Crippen molar-refractivity contribution in [3.05, 3.63) is 60.2 Å². The van der Waals surface area contributed by atoms with Crippen molar-refractivity contribution in [1.82, 2.24) is 9.62 Å². The van der Waals surface area contributed by atoms with Gasteiger partial charge in [-0.3, -0.25) is 4.79 Å². The number of nitrogens with one attached hydrogen (secondary N) is 1. The van der Waals surface area contributed by atoms with Crippen molar-refractivity contribution >= 4 is 15.9 Å². The van der Waals surface area contributed by atoms with Crippen LogP contribution in [0, 0.1) is 0 Å². The molecule has 0 aliphatic rings. The van der Waals surface area contributed by atoms with Gasteiger partial charge >= 0.3 is 0 Å². The van der Waals surface area contributed by atoms with Gasteiger partial charge in [-0.05, 0) is 49.7 Å². The first-order valence-corrected chi connectivity index (χ1v) is 10.4. The summed E-state index contributed by atoms with van der Waals surface area (Å²) in [7, 11) is -1.89. The second-order valence-electron chi connectivity index (χ2n) is 6.34. The fraction of sp³-hybridized carbons (Fsp3) is 0.350. The number of rotatable bonds is 9. The molecule has 1 N–H and O–H groups in total. The molecule has 6 nitrogen and oxygen atoms in total. The number of ether oxygens (including phenoxy) is 1. The number of likely N-dealkylation sites (N-methyl/N-ethyl adjacent to an activating group) is 1. The molecule has 0 spiro atoms. The van der Waals surface area contributed by atoms with Gasteiger partial charge < -0.3 is 9.64 Å². The summed E-state index contributed by atoms with van der Waals surface area (Å²) < 4.78 is 32.7. The van der Waals surface area contributed by atoms with E-state index in [9.17, 15) is 13.2 Å². The molecule has 146 valence electrons. The Hall–Kier alpha value is -2.38. The van der Waals surface area contributed by atoms with E-state index in [1.807, 2.05) is 44.2 Å². The molecule has 27 heavy (non-hydrogen) atoms. The van der Waals surface area contributed by atoms with Gasteiger partial charge in [-0.1, -0.05) is 25.1 Å². The quantitative estimate of drug-likeness (QED) is 0.714. The topological polar surface area (TPSA) is 75.7 Å². The Balaban J connectivity index is 1.94. The number of carbonyl (C=O) groups excluding carboxylic acids is 1. The van der Waals surface area contributed by atoms with Gasteiger partial charge in [0.15, 0.2) is 0 Å². The Morgan fingerprint density at radius 3 is 2.33 bits per heavy atom. The normalized spacial score (nSPS) is 12.4. The van der Waals surface area contributed by atoms with Crippen molar-refractivity contribution in [2.24, 2.45) is 0 Å². The second kappa shape index (κ2) is 9.53. The maximum absolute atomic E-state index is 12.5. The Morgan fingerprint density at radius 2 is 1.74 bits per heavy atom. The molecule has 2 aromatic rings. The van der Waals surface area contributed by atoms with Gasteiger partial charge in [-0.2, -0.15) is 0 Å². The minimum atomic E-state index is -3.57. The summed E-state index contributed by atoms with van der Waals surface area (Å²) in [4.78, 5) is 14.2. The van der Waals surface area contributed by atoms with E-state index in [1.165, 1.54) is 24.3 Å². The van der Waals surface area contributed by atoms with E-state index in [0.29, 0.717) is 25.1 Å². The molecule has 2 rings (SSSR count). The maximum Gasteiger partial charge on any atom is 0.253 e. The minimum absolute atomic E-state index is 0.146. The predicted molar refractivity (Wildman–Crippen MR) is 105 cm³/mol. The first kappa shape index (κ1) is 20.9. The molecule has 1 atom stereocenters. The highest BCUT2D eigenvalue weighted by Crippen LogP contribution is 2.13. The summed E-state index contributed by atoms with van der Waals surface area (Å²) in [5.74, 6) is 0.562. The average Bonchev–Trinajstić information content (AvgIpc) is 2.67. The molecule has 0 fully saturated rings. The van der Waals surface area contributed by atoms with E-state index in [0.717, 1.165) is 5.75 Å². The molecule has 0 saturated heterocycles. The van der Waals surface area contributed by atoms with Crippen molar-refractivity contribution in [3.63, 3.8) is 0 Å². The number of benzene rings is 2. The zero-order valence-corrected chi connectivity index (χ0v) is 16.7. The molecule has 7 heteroatoms. The number of para-hydroxylation sites is 1. The number of nitrogens with zero attached hydrogens (tertiary/aromatic N) is 1. The van der Waals surface area contributed by atoms with Gasteiger partial charge in [-0.25, -0.2) is 13.1 Å². The van der Waals surface area contributed by atoms with Crippen molar-refractivity contribution in [2.45, 2.75) is 31.2 Å². The Kier molecular flexibility index (Phi) is 7.38. The van der Waals surface area contributed by atoms with Crippen LogP contribution in [-0.2, 0) is 10.0 Å². The molecule has 0 saturated carbocycles. The lowest BCUT2D eigenvalue weighted by Gasteiger charge is -2.18. The van der Waals surface area contributed by atoms with Crippen LogP contribution >= 0.6 is 0 Å². The zero-order valence-electron chi connectivity index (χ0n) is 15.9. The van der Waals surface area contributed by atoms with Crippen LogP contribution in [-0.4, -0.2) is 45.5 Å². The van der Waals surface area contributed by atoms with Gasteiger partial charge in [0, 0.05) is 18.7 Å². The largest absolute Gasteiger partial charge is 0.492 e. The van der Waals surface area contributed by atoms with E-state index in [2.05, 4.69) is 4.72 Å². The van der Waals surface area contributed by atoms with E-state index in [1.54, 1.807) is 11.9 Å². The summed E-state index contributed by atoms with van der Waals surface area (Å²) in [6.07, 6.45) is 0.700. The predicted octanol–water partition coefficient (Wildman–Crippen LogP) is 2.91. The van der Waals surface area contributed by atoms with Gasteiger partial charge in [0.25, 0.3) is 5.91 Å². The first-order valence-electron chi connectivity index (χ1n) is 8.89.